The van der Waals surface area contributed by atoms with Crippen LogP contribution in [0.5, 0.6) is 0 Å². The van der Waals surface area contributed by atoms with Crippen LogP contribution in [0.15, 0.2) is 53.1 Å². The van der Waals surface area contributed by atoms with Gasteiger partial charge in [0.15, 0.2) is 5.76 Å². The van der Waals surface area contributed by atoms with Crippen molar-refractivity contribution >= 4 is 11.7 Å². The van der Waals surface area contributed by atoms with E-state index in [9.17, 15) is 10.1 Å². The molecule has 7 heteroatoms. The molecule has 0 radical (unpaired) electrons. The van der Waals surface area contributed by atoms with Crippen molar-refractivity contribution in [3.63, 3.8) is 0 Å². The van der Waals surface area contributed by atoms with Crippen molar-refractivity contribution in [2.45, 2.75) is 26.0 Å². The largest absolute Gasteiger partial charge is 0.459 e. The van der Waals surface area contributed by atoms with Crippen LogP contribution in [0.2, 0.25) is 0 Å². The predicted octanol–water partition coefficient (Wildman–Crippen LogP) is 3.64. The van der Waals surface area contributed by atoms with Crippen LogP contribution in [-0.2, 0) is 17.8 Å². The van der Waals surface area contributed by atoms with Gasteiger partial charge >= 0.3 is 0 Å². The van der Waals surface area contributed by atoms with Crippen molar-refractivity contribution in [1.82, 2.24) is 9.88 Å². The number of furan rings is 1. The number of carbonyl (C=O) groups excluding carboxylic acids is 1. The first-order chi connectivity index (χ1) is 15.7. The number of nitrogens with zero attached hydrogens (tertiary/aromatic N) is 4. The van der Waals surface area contributed by atoms with Crippen LogP contribution in [0.25, 0.3) is 11.3 Å². The number of piperazine rings is 1. The van der Waals surface area contributed by atoms with E-state index in [4.69, 9.17) is 14.1 Å². The number of carbonyl (C=O) groups is 1. The molecule has 1 atom stereocenters. The average molecular weight is 428 g/mol. The highest BCUT2D eigenvalue weighted by atomic mass is 16.5. The summed E-state index contributed by atoms with van der Waals surface area (Å²) in [5, 5.41) is 10.1. The number of aromatic nitrogens is 1. The van der Waals surface area contributed by atoms with Crippen LogP contribution >= 0.6 is 0 Å². The number of pyridine rings is 1. The Balaban J connectivity index is 1.52. The highest BCUT2D eigenvalue weighted by molar-refractivity contribution is 5.91. The highest BCUT2D eigenvalue weighted by Crippen LogP contribution is 2.36. The maximum Gasteiger partial charge on any atom is 0.289 e. The van der Waals surface area contributed by atoms with E-state index in [2.05, 4.69) is 17.9 Å². The minimum Gasteiger partial charge on any atom is -0.459 e. The van der Waals surface area contributed by atoms with E-state index in [0.717, 1.165) is 22.4 Å². The van der Waals surface area contributed by atoms with E-state index < -0.39 is 0 Å². The minimum atomic E-state index is -0.109. The molecule has 0 bridgehead atoms. The second-order valence-corrected chi connectivity index (χ2v) is 8.17. The number of benzene rings is 1. The Kier molecular flexibility index (Phi) is 5.38. The van der Waals surface area contributed by atoms with E-state index in [-0.39, 0.29) is 11.9 Å². The molecular weight excluding hydrogens is 404 g/mol. The van der Waals surface area contributed by atoms with E-state index >= 15 is 0 Å². The summed E-state index contributed by atoms with van der Waals surface area (Å²) in [7, 11) is 0. The molecule has 2 aliphatic heterocycles. The van der Waals surface area contributed by atoms with Gasteiger partial charge < -0.3 is 19.0 Å². The van der Waals surface area contributed by atoms with Crippen LogP contribution in [0.4, 0.5) is 5.82 Å². The Hall–Kier alpha value is -3.63. The van der Waals surface area contributed by atoms with Crippen LogP contribution in [0.1, 0.15) is 34.2 Å². The zero-order valence-corrected chi connectivity index (χ0v) is 18.0. The SMILES string of the molecule is CC1CN(C(=O)c2ccco2)CCN1c1nc(-c2ccccc2)c2c(c1C#N)CCOC2. The first-order valence-electron chi connectivity index (χ1n) is 10.9. The second-order valence-electron chi connectivity index (χ2n) is 8.17. The number of ether oxygens (including phenoxy) is 1. The lowest BCUT2D eigenvalue weighted by atomic mass is 9.93. The van der Waals surface area contributed by atoms with Crippen molar-refractivity contribution < 1.29 is 13.9 Å². The number of amides is 1. The number of nitriles is 1. The fraction of sp³-hybridized carbons (Fsp3) is 0.320. The van der Waals surface area contributed by atoms with Gasteiger partial charge in [-0.25, -0.2) is 4.98 Å². The third kappa shape index (κ3) is 3.53. The minimum absolute atomic E-state index is 0.00350. The molecule has 1 amide bonds. The topological polar surface area (TPSA) is 82.6 Å². The van der Waals surface area contributed by atoms with Crippen molar-refractivity contribution in [2.75, 3.05) is 31.1 Å². The maximum absolute atomic E-state index is 12.7. The van der Waals surface area contributed by atoms with Gasteiger partial charge in [0.25, 0.3) is 5.91 Å². The molecule has 1 aromatic carbocycles. The summed E-state index contributed by atoms with van der Waals surface area (Å²) in [6.07, 6.45) is 2.21. The first-order valence-corrected chi connectivity index (χ1v) is 10.9. The fourth-order valence-electron chi connectivity index (χ4n) is 4.61. The van der Waals surface area contributed by atoms with E-state index in [1.54, 1.807) is 17.0 Å². The molecule has 0 aliphatic carbocycles. The summed E-state index contributed by atoms with van der Waals surface area (Å²) in [4.78, 5) is 21.7. The average Bonchev–Trinajstić information content (AvgIpc) is 3.38. The van der Waals surface area contributed by atoms with Crippen LogP contribution in [0.3, 0.4) is 0 Å². The number of rotatable bonds is 3. The number of hydrogen-bond acceptors (Lipinski definition) is 6. The van der Waals surface area contributed by atoms with Crippen molar-refractivity contribution in [3.05, 3.63) is 71.2 Å². The fourth-order valence-corrected chi connectivity index (χ4v) is 4.61. The Morgan fingerprint density at radius 3 is 2.72 bits per heavy atom. The van der Waals surface area contributed by atoms with Gasteiger partial charge in [0, 0.05) is 36.8 Å². The van der Waals surface area contributed by atoms with Gasteiger partial charge in [-0.15, -0.1) is 0 Å². The maximum atomic E-state index is 12.7. The number of anilines is 1. The highest BCUT2D eigenvalue weighted by Gasteiger charge is 2.33. The zero-order valence-electron chi connectivity index (χ0n) is 18.0. The molecule has 5 rings (SSSR count). The molecular formula is C25H24N4O3. The first kappa shape index (κ1) is 20.3. The molecule has 7 nitrogen and oxygen atoms in total. The standard InChI is InChI=1S/C25H24N4O3/c1-17-15-28(25(30)22-8-5-12-32-22)10-11-29(17)24-20(14-26)19-9-13-31-16-21(19)23(27-24)18-6-3-2-4-7-18/h2-8,12,17H,9-11,13,15-16H2,1H3. The Labute approximate surface area is 186 Å². The van der Waals surface area contributed by atoms with Crippen LogP contribution in [0, 0.1) is 11.3 Å². The van der Waals surface area contributed by atoms with Crippen LogP contribution in [-0.4, -0.2) is 48.1 Å². The summed E-state index contributed by atoms with van der Waals surface area (Å²) in [6, 6.07) is 15.9. The molecule has 32 heavy (non-hydrogen) atoms. The van der Waals surface area contributed by atoms with Gasteiger partial charge in [0.05, 0.1) is 30.7 Å². The molecule has 4 heterocycles. The molecule has 0 spiro atoms. The van der Waals surface area contributed by atoms with Gasteiger partial charge in [0.2, 0.25) is 0 Å². The van der Waals surface area contributed by atoms with Crippen molar-refractivity contribution in [2.24, 2.45) is 0 Å². The molecule has 1 fully saturated rings. The zero-order chi connectivity index (χ0) is 22.1. The quantitative estimate of drug-likeness (QED) is 0.634. The third-order valence-corrected chi connectivity index (χ3v) is 6.21. The molecule has 2 aromatic heterocycles. The Morgan fingerprint density at radius 2 is 2.00 bits per heavy atom. The third-order valence-electron chi connectivity index (χ3n) is 6.21. The molecule has 0 N–H and O–H groups in total. The summed E-state index contributed by atoms with van der Waals surface area (Å²) in [5.74, 6) is 0.939. The van der Waals surface area contributed by atoms with Crippen LogP contribution < -0.4 is 4.90 Å². The number of fused-ring (bicyclic) bond motifs is 1. The summed E-state index contributed by atoms with van der Waals surface area (Å²) >= 11 is 0. The lowest BCUT2D eigenvalue weighted by molar-refractivity contribution is 0.0693. The van der Waals surface area contributed by atoms with E-state index in [0.29, 0.717) is 56.4 Å². The summed E-state index contributed by atoms with van der Waals surface area (Å²) < 4.78 is 11.0. The predicted molar refractivity (Wildman–Crippen MR) is 119 cm³/mol. The van der Waals surface area contributed by atoms with Gasteiger partial charge in [-0.1, -0.05) is 30.3 Å². The van der Waals surface area contributed by atoms with Gasteiger partial charge in [-0.05, 0) is 31.0 Å². The Bertz CT molecular complexity index is 1170. The smallest absolute Gasteiger partial charge is 0.289 e. The molecule has 1 saturated heterocycles. The van der Waals surface area contributed by atoms with Gasteiger partial charge in [-0.2, -0.15) is 5.26 Å². The normalized spacial score (nSPS) is 18.2. The van der Waals surface area contributed by atoms with Gasteiger partial charge in [0.1, 0.15) is 11.9 Å². The molecule has 162 valence electrons. The Morgan fingerprint density at radius 1 is 1.16 bits per heavy atom. The molecule has 1 unspecified atom stereocenters. The monoisotopic (exact) mass is 428 g/mol. The summed E-state index contributed by atoms with van der Waals surface area (Å²) in [6.45, 7) is 4.79. The van der Waals surface area contributed by atoms with E-state index in [1.165, 1.54) is 6.26 Å². The lowest BCUT2D eigenvalue weighted by Gasteiger charge is -2.41. The van der Waals surface area contributed by atoms with Crippen molar-refractivity contribution in [1.29, 1.82) is 5.26 Å². The van der Waals surface area contributed by atoms with Gasteiger partial charge in [-0.3, -0.25) is 4.79 Å². The second kappa shape index (κ2) is 8.48. The molecule has 2 aliphatic rings. The molecule has 3 aromatic rings. The van der Waals surface area contributed by atoms with Crippen molar-refractivity contribution in [3.8, 4) is 17.3 Å². The van der Waals surface area contributed by atoms with E-state index in [1.807, 2.05) is 30.3 Å². The lowest BCUT2D eigenvalue weighted by Crippen LogP contribution is -2.54. The molecule has 0 saturated carbocycles. The summed E-state index contributed by atoms with van der Waals surface area (Å²) in [5.41, 5.74) is 4.54. The number of hydrogen-bond donors (Lipinski definition) is 0.